The fraction of sp³-hybridized carbons (Fsp3) is 0.786. The first-order valence-corrected chi connectivity index (χ1v) is 8.60. The number of amides is 1. The smallest absolute Gasteiger partial charge is 0.233 e. The van der Waals surface area contributed by atoms with Gasteiger partial charge < -0.3 is 15.2 Å². The van der Waals surface area contributed by atoms with Crippen molar-refractivity contribution >= 4 is 17.7 Å². The predicted molar refractivity (Wildman–Crippen MR) is 84.2 cm³/mol. The highest BCUT2D eigenvalue weighted by Crippen LogP contribution is 2.23. The van der Waals surface area contributed by atoms with Gasteiger partial charge in [-0.1, -0.05) is 31.0 Å². The third-order valence-electron chi connectivity index (χ3n) is 4.10. The van der Waals surface area contributed by atoms with Crippen molar-refractivity contribution in [2.24, 2.45) is 5.73 Å². The van der Waals surface area contributed by atoms with Gasteiger partial charge in [-0.25, -0.2) is 0 Å². The second-order valence-electron chi connectivity index (χ2n) is 5.56. The molecule has 1 saturated carbocycles. The molecule has 0 aromatic carbocycles. The van der Waals surface area contributed by atoms with Crippen LogP contribution in [-0.2, 0) is 11.3 Å². The number of carbonyl (C=O) groups is 1. The zero-order valence-electron chi connectivity index (χ0n) is 12.9. The lowest BCUT2D eigenvalue weighted by Crippen LogP contribution is -2.39. The molecule has 0 unspecified atom stereocenters. The highest BCUT2D eigenvalue weighted by atomic mass is 32.2. The Morgan fingerprint density at radius 3 is 2.76 bits per heavy atom. The number of hydrogen-bond donors (Lipinski definition) is 1. The standard InChI is InChI=1S/C14H25N5OS/c1-11-16-17-14(19(11)9-8-15)21-10-13(20)18(2)12-6-4-3-5-7-12/h12H,3-10,15H2,1-2H3. The van der Waals surface area contributed by atoms with Crippen LogP contribution >= 0.6 is 11.8 Å². The molecule has 1 amide bonds. The Morgan fingerprint density at radius 1 is 1.38 bits per heavy atom. The molecule has 1 aromatic rings. The van der Waals surface area contributed by atoms with E-state index >= 15 is 0 Å². The van der Waals surface area contributed by atoms with Crippen molar-refractivity contribution in [2.75, 3.05) is 19.3 Å². The number of nitrogens with zero attached hydrogens (tertiary/aromatic N) is 4. The van der Waals surface area contributed by atoms with Crippen LogP contribution in [0.1, 0.15) is 37.9 Å². The van der Waals surface area contributed by atoms with Gasteiger partial charge in [0, 0.05) is 26.2 Å². The third-order valence-corrected chi connectivity index (χ3v) is 5.05. The third kappa shape index (κ3) is 4.20. The summed E-state index contributed by atoms with van der Waals surface area (Å²) in [6.07, 6.45) is 6.04. The maximum absolute atomic E-state index is 12.3. The van der Waals surface area contributed by atoms with E-state index in [1.807, 2.05) is 23.4 Å². The lowest BCUT2D eigenvalue weighted by molar-refractivity contribution is -0.129. The number of thioether (sulfide) groups is 1. The van der Waals surface area contributed by atoms with E-state index in [9.17, 15) is 4.79 Å². The van der Waals surface area contributed by atoms with Gasteiger partial charge in [0.1, 0.15) is 5.82 Å². The summed E-state index contributed by atoms with van der Waals surface area (Å²) in [6.45, 7) is 3.14. The molecule has 0 radical (unpaired) electrons. The normalized spacial score (nSPS) is 16.1. The highest BCUT2D eigenvalue weighted by molar-refractivity contribution is 7.99. The molecule has 2 N–H and O–H groups in total. The van der Waals surface area contributed by atoms with Crippen LogP contribution in [0.4, 0.5) is 0 Å². The van der Waals surface area contributed by atoms with E-state index in [4.69, 9.17) is 5.73 Å². The molecular formula is C14H25N5OS. The van der Waals surface area contributed by atoms with E-state index < -0.39 is 0 Å². The quantitative estimate of drug-likeness (QED) is 0.804. The van der Waals surface area contributed by atoms with Gasteiger partial charge in [-0.05, 0) is 19.8 Å². The number of rotatable bonds is 6. The molecule has 0 aliphatic heterocycles. The van der Waals surface area contributed by atoms with Crippen molar-refractivity contribution in [1.29, 1.82) is 0 Å². The minimum absolute atomic E-state index is 0.173. The van der Waals surface area contributed by atoms with Crippen LogP contribution in [0.2, 0.25) is 0 Å². The van der Waals surface area contributed by atoms with Crippen LogP contribution in [0.15, 0.2) is 5.16 Å². The maximum atomic E-state index is 12.3. The van der Waals surface area contributed by atoms with Crippen molar-refractivity contribution in [3.63, 3.8) is 0 Å². The molecule has 118 valence electrons. The van der Waals surface area contributed by atoms with Crippen LogP contribution < -0.4 is 5.73 Å². The largest absolute Gasteiger partial charge is 0.342 e. The number of carbonyl (C=O) groups excluding carboxylic acids is 1. The summed E-state index contributed by atoms with van der Waals surface area (Å²) in [5.41, 5.74) is 5.60. The molecule has 0 atom stereocenters. The first-order valence-electron chi connectivity index (χ1n) is 7.61. The molecule has 1 aliphatic rings. The zero-order chi connectivity index (χ0) is 15.2. The lowest BCUT2D eigenvalue weighted by atomic mass is 9.94. The lowest BCUT2D eigenvalue weighted by Gasteiger charge is -2.31. The maximum Gasteiger partial charge on any atom is 0.233 e. The Bertz CT molecular complexity index is 470. The molecule has 6 nitrogen and oxygen atoms in total. The van der Waals surface area contributed by atoms with Crippen molar-refractivity contribution in [1.82, 2.24) is 19.7 Å². The second kappa shape index (κ2) is 7.79. The number of aryl methyl sites for hydroxylation is 1. The van der Waals surface area contributed by atoms with E-state index in [0.717, 1.165) is 23.8 Å². The molecule has 7 heteroatoms. The minimum Gasteiger partial charge on any atom is -0.342 e. The molecule has 2 rings (SSSR count). The Hall–Kier alpha value is -1.08. The van der Waals surface area contributed by atoms with Gasteiger partial charge in [0.2, 0.25) is 5.91 Å². The average Bonchev–Trinajstić information content (AvgIpc) is 2.86. The molecule has 1 fully saturated rings. The molecule has 0 spiro atoms. The van der Waals surface area contributed by atoms with Crippen LogP contribution in [0.5, 0.6) is 0 Å². The first-order chi connectivity index (χ1) is 10.1. The Labute approximate surface area is 130 Å². The van der Waals surface area contributed by atoms with E-state index in [1.165, 1.54) is 31.0 Å². The van der Waals surface area contributed by atoms with Crippen molar-refractivity contribution in [3.8, 4) is 0 Å². The summed E-state index contributed by atoms with van der Waals surface area (Å²) in [5, 5.41) is 8.97. The molecule has 21 heavy (non-hydrogen) atoms. The fourth-order valence-corrected chi connectivity index (χ4v) is 3.69. The van der Waals surface area contributed by atoms with E-state index in [0.29, 0.717) is 24.9 Å². The number of hydrogen-bond acceptors (Lipinski definition) is 5. The van der Waals surface area contributed by atoms with Gasteiger partial charge in [0.15, 0.2) is 5.16 Å². The predicted octanol–water partition coefficient (Wildman–Crippen LogP) is 1.43. The van der Waals surface area contributed by atoms with Gasteiger partial charge in [-0.3, -0.25) is 4.79 Å². The van der Waals surface area contributed by atoms with Crippen LogP contribution in [0.3, 0.4) is 0 Å². The van der Waals surface area contributed by atoms with Gasteiger partial charge in [-0.2, -0.15) is 0 Å². The van der Waals surface area contributed by atoms with Crippen LogP contribution in [0, 0.1) is 6.92 Å². The van der Waals surface area contributed by atoms with Crippen molar-refractivity contribution in [2.45, 2.75) is 56.8 Å². The summed E-state index contributed by atoms with van der Waals surface area (Å²) in [5.74, 6) is 1.43. The van der Waals surface area contributed by atoms with Crippen molar-refractivity contribution < 1.29 is 4.79 Å². The molecular weight excluding hydrogens is 286 g/mol. The topological polar surface area (TPSA) is 77.0 Å². The van der Waals surface area contributed by atoms with E-state index in [1.54, 1.807) is 0 Å². The summed E-state index contributed by atoms with van der Waals surface area (Å²) < 4.78 is 1.97. The summed E-state index contributed by atoms with van der Waals surface area (Å²) in [6, 6.07) is 0.412. The highest BCUT2D eigenvalue weighted by Gasteiger charge is 2.22. The summed E-state index contributed by atoms with van der Waals surface area (Å²) in [4.78, 5) is 14.2. The summed E-state index contributed by atoms with van der Waals surface area (Å²) in [7, 11) is 1.93. The van der Waals surface area contributed by atoms with Crippen LogP contribution in [0.25, 0.3) is 0 Å². The van der Waals surface area contributed by atoms with Gasteiger partial charge >= 0.3 is 0 Å². The van der Waals surface area contributed by atoms with Gasteiger partial charge in [0.05, 0.1) is 5.75 Å². The second-order valence-corrected chi connectivity index (χ2v) is 6.50. The Balaban J connectivity index is 1.88. The SMILES string of the molecule is Cc1nnc(SCC(=O)N(C)C2CCCCC2)n1CCN. The molecule has 1 aromatic heterocycles. The monoisotopic (exact) mass is 311 g/mol. The number of aromatic nitrogens is 3. The molecule has 1 heterocycles. The minimum atomic E-state index is 0.173. The first kappa shape index (κ1) is 16.3. The average molecular weight is 311 g/mol. The molecule has 0 saturated heterocycles. The molecule has 0 bridgehead atoms. The van der Waals surface area contributed by atoms with Gasteiger partial charge in [-0.15, -0.1) is 10.2 Å². The van der Waals surface area contributed by atoms with Crippen molar-refractivity contribution in [3.05, 3.63) is 5.82 Å². The summed E-state index contributed by atoms with van der Waals surface area (Å²) >= 11 is 1.45. The zero-order valence-corrected chi connectivity index (χ0v) is 13.7. The number of nitrogens with two attached hydrogens (primary N) is 1. The van der Waals surface area contributed by atoms with E-state index in [2.05, 4.69) is 10.2 Å². The Morgan fingerprint density at radius 2 is 2.10 bits per heavy atom. The van der Waals surface area contributed by atoms with Gasteiger partial charge in [0.25, 0.3) is 0 Å². The Kier molecular flexibility index (Phi) is 6.05. The molecule has 1 aliphatic carbocycles. The fourth-order valence-electron chi connectivity index (χ4n) is 2.75. The van der Waals surface area contributed by atoms with E-state index in [-0.39, 0.29) is 5.91 Å². The van der Waals surface area contributed by atoms with Crippen LogP contribution in [-0.4, -0.2) is 51.0 Å².